The number of urea groups is 1. The van der Waals surface area contributed by atoms with Gasteiger partial charge < -0.3 is 10.6 Å². The van der Waals surface area contributed by atoms with Crippen LogP contribution in [-0.4, -0.2) is 54.6 Å². The van der Waals surface area contributed by atoms with Crippen LogP contribution in [0.5, 0.6) is 0 Å². The zero-order valence-electron chi connectivity index (χ0n) is 13.3. The molecule has 6 nitrogen and oxygen atoms in total. The molecule has 0 saturated carbocycles. The number of imide groups is 1. The van der Waals surface area contributed by atoms with E-state index in [1.54, 1.807) is 0 Å². The molecule has 0 radical (unpaired) electrons. The minimum absolute atomic E-state index is 0.163. The number of carbonyl (C=O) groups is 2. The summed E-state index contributed by atoms with van der Waals surface area (Å²) >= 11 is 0. The van der Waals surface area contributed by atoms with Gasteiger partial charge in [0.05, 0.1) is 6.54 Å². The average Bonchev–Trinajstić information content (AvgIpc) is 2.29. The second-order valence-corrected chi connectivity index (χ2v) is 6.84. The summed E-state index contributed by atoms with van der Waals surface area (Å²) in [5.41, 5.74) is -0.180. The number of nitrogens with one attached hydrogen (secondary N) is 3. The first-order chi connectivity index (χ1) is 9.13. The fourth-order valence-electron chi connectivity index (χ4n) is 2.20. The molecule has 3 N–H and O–H groups in total. The van der Waals surface area contributed by atoms with Gasteiger partial charge in [0.2, 0.25) is 5.91 Å². The number of likely N-dealkylation sites (tertiary alicyclic amines) is 1. The lowest BCUT2D eigenvalue weighted by molar-refractivity contribution is -0.121. The Morgan fingerprint density at radius 1 is 1.20 bits per heavy atom. The molecule has 20 heavy (non-hydrogen) atoms. The van der Waals surface area contributed by atoms with Crippen LogP contribution in [0, 0.1) is 0 Å². The molecule has 116 valence electrons. The molecule has 1 heterocycles. The highest BCUT2D eigenvalue weighted by molar-refractivity contribution is 5.95. The third kappa shape index (κ3) is 5.88. The largest absolute Gasteiger partial charge is 0.333 e. The first-order valence-corrected chi connectivity index (χ1v) is 7.17. The molecule has 0 aromatic rings. The van der Waals surface area contributed by atoms with Gasteiger partial charge in [-0.2, -0.15) is 0 Å². The van der Waals surface area contributed by atoms with Crippen molar-refractivity contribution >= 4 is 11.9 Å². The molecule has 1 fully saturated rings. The SMILES string of the molecule is CNC1(C)CCN(CC(=O)NC(=O)NC(C)(C)C)CC1. The summed E-state index contributed by atoms with van der Waals surface area (Å²) in [6, 6.07) is -0.431. The van der Waals surface area contributed by atoms with Gasteiger partial charge in [-0.15, -0.1) is 0 Å². The van der Waals surface area contributed by atoms with Crippen LogP contribution in [0.4, 0.5) is 4.79 Å². The molecule has 0 spiro atoms. The van der Waals surface area contributed by atoms with E-state index in [1.807, 2.05) is 27.8 Å². The monoisotopic (exact) mass is 284 g/mol. The van der Waals surface area contributed by atoms with E-state index in [1.165, 1.54) is 0 Å². The molecule has 6 heteroatoms. The molecule has 1 aliphatic rings. The first-order valence-electron chi connectivity index (χ1n) is 7.17. The van der Waals surface area contributed by atoms with Crippen molar-refractivity contribution in [3.05, 3.63) is 0 Å². The zero-order chi connectivity index (χ0) is 15.4. The Labute approximate surface area is 121 Å². The number of piperidine rings is 1. The summed E-state index contributed by atoms with van der Waals surface area (Å²) < 4.78 is 0. The van der Waals surface area contributed by atoms with Gasteiger partial charge in [0.25, 0.3) is 0 Å². The summed E-state index contributed by atoms with van der Waals surface area (Å²) in [4.78, 5) is 25.5. The van der Waals surface area contributed by atoms with Crippen molar-refractivity contribution in [2.75, 3.05) is 26.7 Å². The molecule has 0 aromatic carbocycles. The Bertz CT molecular complexity index is 355. The molecule has 0 atom stereocenters. The second-order valence-electron chi connectivity index (χ2n) is 6.84. The Morgan fingerprint density at radius 3 is 2.20 bits per heavy atom. The predicted molar refractivity (Wildman–Crippen MR) is 79.6 cm³/mol. The van der Waals surface area contributed by atoms with Crippen LogP contribution in [0.15, 0.2) is 0 Å². The van der Waals surface area contributed by atoms with Crippen LogP contribution in [0.25, 0.3) is 0 Å². The molecule has 0 aromatic heterocycles. The van der Waals surface area contributed by atoms with Crippen molar-refractivity contribution in [3.63, 3.8) is 0 Å². The predicted octanol–water partition coefficient (Wildman–Crippen LogP) is 0.685. The van der Waals surface area contributed by atoms with Crippen LogP contribution < -0.4 is 16.0 Å². The van der Waals surface area contributed by atoms with Crippen LogP contribution in [0.1, 0.15) is 40.5 Å². The van der Waals surface area contributed by atoms with Gasteiger partial charge in [0.15, 0.2) is 0 Å². The second kappa shape index (κ2) is 6.54. The number of carbonyl (C=O) groups excluding carboxylic acids is 2. The number of hydrogen-bond acceptors (Lipinski definition) is 4. The molecular weight excluding hydrogens is 256 g/mol. The van der Waals surface area contributed by atoms with Crippen molar-refractivity contribution in [1.29, 1.82) is 0 Å². The van der Waals surface area contributed by atoms with Crippen molar-refractivity contribution in [2.24, 2.45) is 0 Å². The number of amides is 3. The molecule has 0 unspecified atom stereocenters. The zero-order valence-corrected chi connectivity index (χ0v) is 13.3. The van der Waals surface area contributed by atoms with Crippen LogP contribution in [-0.2, 0) is 4.79 Å². The van der Waals surface area contributed by atoms with E-state index in [9.17, 15) is 9.59 Å². The maximum Gasteiger partial charge on any atom is 0.321 e. The summed E-state index contributed by atoms with van der Waals surface area (Å²) in [6.07, 6.45) is 2.01. The maximum absolute atomic E-state index is 11.8. The van der Waals surface area contributed by atoms with Gasteiger partial charge in [-0.25, -0.2) is 4.79 Å². The highest BCUT2D eigenvalue weighted by Crippen LogP contribution is 2.20. The van der Waals surface area contributed by atoms with Crippen LogP contribution in [0.3, 0.4) is 0 Å². The third-order valence-corrected chi connectivity index (χ3v) is 3.67. The molecule has 0 aliphatic carbocycles. The fraction of sp³-hybridized carbons (Fsp3) is 0.857. The van der Waals surface area contributed by atoms with E-state index in [4.69, 9.17) is 0 Å². The molecular formula is C14H28N4O2. The molecule has 1 saturated heterocycles. The minimum Gasteiger partial charge on any atom is -0.333 e. The van der Waals surface area contributed by atoms with E-state index < -0.39 is 6.03 Å². The molecule has 1 rings (SSSR count). The summed E-state index contributed by atoms with van der Waals surface area (Å²) in [6.45, 7) is 9.83. The molecule has 1 aliphatic heterocycles. The van der Waals surface area contributed by atoms with E-state index in [-0.39, 0.29) is 23.5 Å². The highest BCUT2D eigenvalue weighted by Gasteiger charge is 2.29. The quantitative estimate of drug-likeness (QED) is 0.713. The van der Waals surface area contributed by atoms with Gasteiger partial charge in [0, 0.05) is 24.2 Å². The van der Waals surface area contributed by atoms with E-state index in [0.717, 1.165) is 25.9 Å². The Kier molecular flexibility index (Phi) is 5.53. The van der Waals surface area contributed by atoms with Crippen molar-refractivity contribution in [1.82, 2.24) is 20.9 Å². The maximum atomic E-state index is 11.8. The van der Waals surface area contributed by atoms with Crippen LogP contribution in [0.2, 0.25) is 0 Å². The topological polar surface area (TPSA) is 73.5 Å². The Morgan fingerprint density at radius 2 is 1.75 bits per heavy atom. The number of hydrogen-bond donors (Lipinski definition) is 3. The van der Waals surface area contributed by atoms with Gasteiger partial charge in [-0.05, 0) is 47.6 Å². The summed E-state index contributed by atoms with van der Waals surface area (Å²) in [5.74, 6) is -0.250. The Hall–Kier alpha value is -1.14. The van der Waals surface area contributed by atoms with Crippen molar-refractivity contribution < 1.29 is 9.59 Å². The minimum atomic E-state index is -0.431. The standard InChI is InChI=1S/C14H28N4O2/c1-13(2,3)17-12(20)16-11(19)10-18-8-6-14(4,15-5)7-9-18/h15H,6-10H2,1-5H3,(H2,16,17,19,20). The van der Waals surface area contributed by atoms with Gasteiger partial charge in [-0.3, -0.25) is 15.0 Å². The smallest absolute Gasteiger partial charge is 0.321 e. The average molecular weight is 284 g/mol. The fourth-order valence-corrected chi connectivity index (χ4v) is 2.20. The van der Waals surface area contributed by atoms with Gasteiger partial charge in [0.1, 0.15) is 0 Å². The normalized spacial score (nSPS) is 19.4. The Balaban J connectivity index is 2.32. The highest BCUT2D eigenvalue weighted by atomic mass is 16.2. The van der Waals surface area contributed by atoms with Gasteiger partial charge in [-0.1, -0.05) is 0 Å². The van der Waals surface area contributed by atoms with E-state index >= 15 is 0 Å². The molecule has 0 bridgehead atoms. The van der Waals surface area contributed by atoms with Crippen molar-refractivity contribution in [2.45, 2.75) is 51.6 Å². The van der Waals surface area contributed by atoms with E-state index in [2.05, 4.69) is 27.8 Å². The van der Waals surface area contributed by atoms with Crippen molar-refractivity contribution in [3.8, 4) is 0 Å². The lowest BCUT2D eigenvalue weighted by Gasteiger charge is -2.38. The lowest BCUT2D eigenvalue weighted by atomic mass is 9.90. The van der Waals surface area contributed by atoms with Crippen LogP contribution >= 0.6 is 0 Å². The first kappa shape index (κ1) is 16.9. The number of rotatable bonds is 3. The summed E-state index contributed by atoms with van der Waals surface area (Å²) in [7, 11) is 1.97. The third-order valence-electron chi connectivity index (χ3n) is 3.67. The lowest BCUT2D eigenvalue weighted by Crippen LogP contribution is -2.53. The summed E-state index contributed by atoms with van der Waals surface area (Å²) in [5, 5.41) is 8.40. The van der Waals surface area contributed by atoms with Gasteiger partial charge >= 0.3 is 6.03 Å². The number of nitrogens with zero attached hydrogens (tertiary/aromatic N) is 1. The van der Waals surface area contributed by atoms with E-state index in [0.29, 0.717) is 0 Å². The molecule has 3 amide bonds.